The van der Waals surface area contributed by atoms with E-state index in [-0.39, 0.29) is 12.1 Å². The summed E-state index contributed by atoms with van der Waals surface area (Å²) >= 11 is 0. The Hall–Kier alpha value is -1.55. The minimum absolute atomic E-state index is 0.0966. The van der Waals surface area contributed by atoms with Crippen LogP contribution in [0.4, 0.5) is 4.79 Å². The fourth-order valence-corrected chi connectivity index (χ4v) is 3.55. The number of carbonyl (C=O) groups excluding carboxylic acids is 1. The third-order valence-corrected chi connectivity index (χ3v) is 4.81. The lowest BCUT2D eigenvalue weighted by Crippen LogP contribution is -2.50. The number of amides is 2. The van der Waals surface area contributed by atoms with Gasteiger partial charge in [0.25, 0.3) is 0 Å². The molecule has 1 atom stereocenters. The molecule has 4 nitrogen and oxygen atoms in total. The maximum absolute atomic E-state index is 12.4. The molecule has 3 rings (SSSR count). The molecule has 1 aromatic carbocycles. The number of urea groups is 1. The number of aryl methyl sites for hydroxylation is 1. The lowest BCUT2D eigenvalue weighted by molar-refractivity contribution is 0.0217. The quantitative estimate of drug-likeness (QED) is 0.933. The lowest BCUT2D eigenvalue weighted by atomic mass is 9.88. The summed E-state index contributed by atoms with van der Waals surface area (Å²) in [5.41, 5.74) is 2.82. The summed E-state index contributed by atoms with van der Waals surface area (Å²) in [6.45, 7) is 4.40. The number of ether oxygens (including phenoxy) is 1. The van der Waals surface area contributed by atoms with Crippen molar-refractivity contribution in [3.8, 4) is 0 Å². The molecule has 4 heteroatoms. The summed E-state index contributed by atoms with van der Waals surface area (Å²) in [6, 6.07) is 8.93. The molecule has 1 aliphatic heterocycles. The highest BCUT2D eigenvalue weighted by Gasteiger charge is 2.26. The number of carbonyl (C=O) groups is 1. The van der Waals surface area contributed by atoms with Crippen molar-refractivity contribution >= 4 is 6.03 Å². The molecule has 0 aromatic heterocycles. The third-order valence-electron chi connectivity index (χ3n) is 4.81. The molecule has 0 bridgehead atoms. The van der Waals surface area contributed by atoms with E-state index in [2.05, 4.69) is 29.6 Å². The van der Waals surface area contributed by atoms with Gasteiger partial charge in [-0.05, 0) is 50.2 Å². The first-order valence-corrected chi connectivity index (χ1v) is 8.50. The summed E-state index contributed by atoms with van der Waals surface area (Å²) in [4.78, 5) is 14.4. The average Bonchev–Trinajstić information content (AvgIpc) is 2.56. The molecule has 1 saturated heterocycles. The lowest BCUT2D eigenvalue weighted by Gasteiger charge is -2.34. The maximum atomic E-state index is 12.4. The molecule has 1 N–H and O–H groups in total. The highest BCUT2D eigenvalue weighted by atomic mass is 16.5. The van der Waals surface area contributed by atoms with Crippen LogP contribution in [0.25, 0.3) is 0 Å². The molecule has 1 unspecified atom stereocenters. The van der Waals surface area contributed by atoms with Crippen molar-refractivity contribution in [2.75, 3.05) is 19.7 Å². The van der Waals surface area contributed by atoms with Gasteiger partial charge in [-0.3, -0.25) is 0 Å². The molecule has 1 heterocycles. The van der Waals surface area contributed by atoms with Crippen molar-refractivity contribution in [1.29, 1.82) is 0 Å². The first kappa shape index (κ1) is 15.3. The Bertz CT molecular complexity index is 510. The van der Waals surface area contributed by atoms with Crippen LogP contribution >= 0.6 is 0 Å². The zero-order valence-corrected chi connectivity index (χ0v) is 13.4. The van der Waals surface area contributed by atoms with E-state index in [1.807, 2.05) is 11.8 Å². The second kappa shape index (κ2) is 7.14. The van der Waals surface area contributed by atoms with Gasteiger partial charge in [0.15, 0.2) is 0 Å². The normalized spacial score (nSPS) is 22.2. The highest BCUT2D eigenvalue weighted by Crippen LogP contribution is 2.21. The van der Waals surface area contributed by atoms with Gasteiger partial charge in [-0.25, -0.2) is 4.79 Å². The van der Waals surface area contributed by atoms with E-state index < -0.39 is 0 Å². The Balaban J connectivity index is 1.49. The largest absolute Gasteiger partial charge is 0.378 e. The summed E-state index contributed by atoms with van der Waals surface area (Å²) in [6.07, 6.45) is 5.29. The predicted molar refractivity (Wildman–Crippen MR) is 87.0 cm³/mol. The summed E-state index contributed by atoms with van der Waals surface area (Å²) < 4.78 is 5.64. The van der Waals surface area contributed by atoms with Crippen LogP contribution in [0.1, 0.15) is 37.3 Å². The molecule has 2 amide bonds. The molecular weight excluding hydrogens is 276 g/mol. The molecule has 0 radical (unpaired) electrons. The first-order valence-electron chi connectivity index (χ1n) is 8.50. The molecule has 1 aromatic rings. The van der Waals surface area contributed by atoms with Crippen LogP contribution in [0.15, 0.2) is 24.3 Å². The van der Waals surface area contributed by atoms with E-state index in [0.717, 1.165) is 51.8 Å². The van der Waals surface area contributed by atoms with Crippen molar-refractivity contribution in [3.05, 3.63) is 35.4 Å². The fourth-order valence-electron chi connectivity index (χ4n) is 3.55. The van der Waals surface area contributed by atoms with Crippen LogP contribution in [-0.2, 0) is 17.6 Å². The Morgan fingerprint density at radius 1 is 1.23 bits per heavy atom. The van der Waals surface area contributed by atoms with Gasteiger partial charge in [-0.15, -0.1) is 0 Å². The van der Waals surface area contributed by atoms with E-state index in [1.54, 1.807) is 0 Å². The number of nitrogens with zero attached hydrogens (tertiary/aromatic N) is 1. The van der Waals surface area contributed by atoms with Crippen LogP contribution < -0.4 is 5.32 Å². The van der Waals surface area contributed by atoms with Gasteiger partial charge >= 0.3 is 6.03 Å². The number of hydrogen-bond acceptors (Lipinski definition) is 2. The highest BCUT2D eigenvalue weighted by molar-refractivity contribution is 5.74. The van der Waals surface area contributed by atoms with Crippen molar-refractivity contribution in [2.24, 2.45) is 0 Å². The molecule has 22 heavy (non-hydrogen) atoms. The minimum Gasteiger partial charge on any atom is -0.378 e. The van der Waals surface area contributed by atoms with Crippen LogP contribution in [0.5, 0.6) is 0 Å². The van der Waals surface area contributed by atoms with E-state index in [0.29, 0.717) is 6.10 Å². The monoisotopic (exact) mass is 302 g/mol. The number of hydrogen-bond donors (Lipinski definition) is 1. The zero-order valence-electron chi connectivity index (χ0n) is 13.4. The van der Waals surface area contributed by atoms with Gasteiger partial charge in [0.2, 0.25) is 0 Å². The van der Waals surface area contributed by atoms with E-state index in [4.69, 9.17) is 4.74 Å². The summed E-state index contributed by atoms with van der Waals surface area (Å²) in [5, 5.41) is 3.22. The summed E-state index contributed by atoms with van der Waals surface area (Å²) in [7, 11) is 0. The number of likely N-dealkylation sites (tertiary alicyclic amines) is 1. The van der Waals surface area contributed by atoms with E-state index in [1.165, 1.54) is 11.1 Å². The number of nitrogens with one attached hydrogen (secondary N) is 1. The Morgan fingerprint density at radius 3 is 2.68 bits per heavy atom. The standard InChI is InChI=1S/C18H26N2O2/c1-2-22-17-9-11-20(12-10-17)18(21)19-16-8-7-14-5-3-4-6-15(14)13-16/h3-6,16-17H,2,7-13H2,1H3,(H,19,21). The Labute approximate surface area is 132 Å². The molecular formula is C18H26N2O2. The van der Waals surface area contributed by atoms with Crippen molar-refractivity contribution in [1.82, 2.24) is 10.2 Å². The second-order valence-corrected chi connectivity index (χ2v) is 6.30. The van der Waals surface area contributed by atoms with Crippen LogP contribution in [0, 0.1) is 0 Å². The van der Waals surface area contributed by atoms with Crippen LogP contribution in [-0.4, -0.2) is 42.8 Å². The van der Waals surface area contributed by atoms with Crippen LogP contribution in [0.3, 0.4) is 0 Å². The molecule has 120 valence electrons. The van der Waals surface area contributed by atoms with Crippen molar-refractivity contribution in [2.45, 2.75) is 51.2 Å². The number of piperidine rings is 1. The van der Waals surface area contributed by atoms with Crippen molar-refractivity contribution in [3.63, 3.8) is 0 Å². The van der Waals surface area contributed by atoms with Gasteiger partial charge < -0.3 is 15.0 Å². The van der Waals surface area contributed by atoms with Crippen LogP contribution in [0.2, 0.25) is 0 Å². The van der Waals surface area contributed by atoms with Gasteiger partial charge in [-0.1, -0.05) is 24.3 Å². The smallest absolute Gasteiger partial charge is 0.317 e. The third kappa shape index (κ3) is 3.61. The van der Waals surface area contributed by atoms with E-state index >= 15 is 0 Å². The maximum Gasteiger partial charge on any atom is 0.317 e. The average molecular weight is 302 g/mol. The Morgan fingerprint density at radius 2 is 1.95 bits per heavy atom. The topological polar surface area (TPSA) is 41.6 Å². The first-order chi connectivity index (χ1) is 10.8. The second-order valence-electron chi connectivity index (χ2n) is 6.30. The molecule has 0 spiro atoms. The minimum atomic E-state index is 0.0966. The van der Waals surface area contributed by atoms with E-state index in [9.17, 15) is 4.79 Å². The number of rotatable bonds is 3. The summed E-state index contributed by atoms with van der Waals surface area (Å²) in [5.74, 6) is 0. The predicted octanol–water partition coefficient (Wildman–Crippen LogP) is 2.75. The number of fused-ring (bicyclic) bond motifs is 1. The SMILES string of the molecule is CCOC1CCN(C(=O)NC2CCc3ccccc3C2)CC1. The fraction of sp³-hybridized carbons (Fsp3) is 0.611. The van der Waals surface area contributed by atoms with Gasteiger partial charge in [0, 0.05) is 25.7 Å². The van der Waals surface area contributed by atoms with Gasteiger partial charge in [0.1, 0.15) is 0 Å². The molecule has 0 saturated carbocycles. The number of benzene rings is 1. The molecule has 1 fully saturated rings. The Kier molecular flexibility index (Phi) is 4.98. The van der Waals surface area contributed by atoms with Gasteiger partial charge in [0.05, 0.1) is 6.10 Å². The van der Waals surface area contributed by atoms with Gasteiger partial charge in [-0.2, -0.15) is 0 Å². The molecule has 1 aliphatic carbocycles. The molecule has 2 aliphatic rings. The van der Waals surface area contributed by atoms with Crippen molar-refractivity contribution < 1.29 is 9.53 Å². The zero-order chi connectivity index (χ0) is 15.4.